The highest BCUT2D eigenvalue weighted by molar-refractivity contribution is 5.76. The molecule has 0 aromatic heterocycles. The molecule has 6 heteroatoms. The molecule has 0 aliphatic rings. The minimum absolute atomic E-state index is 0.00181. The van der Waals surface area contributed by atoms with E-state index >= 15 is 0 Å². The van der Waals surface area contributed by atoms with Crippen LogP contribution in [-0.4, -0.2) is 47.4 Å². The number of rotatable bonds is 64. The maximum Gasteiger partial charge on any atom is 0.305 e. The number of amides is 1. The van der Waals surface area contributed by atoms with Crippen LogP contribution in [-0.2, 0) is 14.3 Å². The average molecular weight is 1080 g/mol. The molecule has 0 aromatic carbocycles. The number of allylic oxidation sites excluding steroid dienone is 7. The molecule has 0 fully saturated rings. The molecule has 0 saturated heterocycles. The van der Waals surface area contributed by atoms with E-state index in [2.05, 4.69) is 55.6 Å². The van der Waals surface area contributed by atoms with Gasteiger partial charge in [0.05, 0.1) is 25.4 Å². The first-order valence-electron chi connectivity index (χ1n) is 34.4. The number of unbranched alkanes of at least 4 members (excludes halogenated alkanes) is 47. The van der Waals surface area contributed by atoms with Crippen LogP contribution >= 0.6 is 0 Å². The van der Waals surface area contributed by atoms with E-state index in [0.717, 1.165) is 57.8 Å². The van der Waals surface area contributed by atoms with Crippen LogP contribution in [0.5, 0.6) is 0 Å². The van der Waals surface area contributed by atoms with E-state index in [9.17, 15) is 19.8 Å². The number of nitrogens with one attached hydrogen (secondary N) is 1. The maximum absolute atomic E-state index is 12.5. The maximum atomic E-state index is 12.5. The van der Waals surface area contributed by atoms with Gasteiger partial charge in [0.1, 0.15) is 0 Å². The van der Waals surface area contributed by atoms with E-state index in [1.54, 1.807) is 6.08 Å². The molecule has 0 radical (unpaired) electrons. The van der Waals surface area contributed by atoms with Gasteiger partial charge in [-0.25, -0.2) is 0 Å². The predicted molar refractivity (Wildman–Crippen MR) is 338 cm³/mol. The van der Waals surface area contributed by atoms with Gasteiger partial charge in [0, 0.05) is 12.8 Å². The third-order valence-corrected chi connectivity index (χ3v) is 15.8. The molecule has 6 nitrogen and oxygen atoms in total. The molecule has 0 rings (SSSR count). The second kappa shape index (κ2) is 66.3. The Morgan fingerprint density at radius 1 is 0.364 bits per heavy atom. The normalized spacial score (nSPS) is 12.8. The largest absolute Gasteiger partial charge is 0.466 e. The lowest BCUT2D eigenvalue weighted by atomic mass is 10.0. The zero-order valence-electron chi connectivity index (χ0n) is 51.7. The molecule has 0 heterocycles. The van der Waals surface area contributed by atoms with Crippen molar-refractivity contribution in [2.45, 2.75) is 379 Å². The molecule has 0 aliphatic carbocycles. The topological polar surface area (TPSA) is 95.9 Å². The van der Waals surface area contributed by atoms with E-state index in [4.69, 9.17) is 4.74 Å². The minimum atomic E-state index is -0.851. The van der Waals surface area contributed by atoms with Gasteiger partial charge in [0.2, 0.25) is 5.91 Å². The first-order valence-corrected chi connectivity index (χ1v) is 34.4. The summed E-state index contributed by atoms with van der Waals surface area (Å²) in [6.07, 6.45) is 86.0. The summed E-state index contributed by atoms with van der Waals surface area (Å²) in [6.45, 7) is 4.90. The summed E-state index contributed by atoms with van der Waals surface area (Å²) in [7, 11) is 0. The molecule has 3 N–H and O–H groups in total. The van der Waals surface area contributed by atoms with Gasteiger partial charge in [-0.1, -0.05) is 313 Å². The Hall–Kier alpha value is -2.18. The van der Waals surface area contributed by atoms with E-state index < -0.39 is 12.1 Å². The summed E-state index contributed by atoms with van der Waals surface area (Å²) in [5, 5.41) is 23.2. The molecule has 0 bridgehead atoms. The monoisotopic (exact) mass is 1080 g/mol. The van der Waals surface area contributed by atoms with E-state index in [0.29, 0.717) is 19.4 Å². The summed E-state index contributed by atoms with van der Waals surface area (Å²) < 4.78 is 5.49. The molecule has 1 amide bonds. The van der Waals surface area contributed by atoms with Gasteiger partial charge in [-0.05, 0) is 89.9 Å². The molecule has 0 spiro atoms. The number of hydrogen-bond donors (Lipinski definition) is 3. The number of esters is 1. The molecular formula is C71H133NO5. The van der Waals surface area contributed by atoms with Crippen LogP contribution in [0.25, 0.3) is 0 Å². The molecule has 2 unspecified atom stereocenters. The lowest BCUT2D eigenvalue weighted by molar-refractivity contribution is -0.143. The van der Waals surface area contributed by atoms with Crippen LogP contribution in [0, 0.1) is 0 Å². The summed E-state index contributed by atoms with van der Waals surface area (Å²) in [6, 6.07) is -0.635. The van der Waals surface area contributed by atoms with Crippen molar-refractivity contribution in [2.75, 3.05) is 13.2 Å². The summed E-state index contributed by atoms with van der Waals surface area (Å²) in [5.41, 5.74) is 0. The number of carbonyl (C=O) groups is 2. The Balaban J connectivity index is 3.45. The van der Waals surface area contributed by atoms with Crippen molar-refractivity contribution in [3.8, 4) is 0 Å². The molecule has 2 atom stereocenters. The number of aliphatic hydroxyl groups is 2. The fourth-order valence-corrected chi connectivity index (χ4v) is 10.5. The van der Waals surface area contributed by atoms with Gasteiger partial charge in [-0.2, -0.15) is 0 Å². The highest BCUT2D eigenvalue weighted by Crippen LogP contribution is 2.18. The summed E-state index contributed by atoms with van der Waals surface area (Å²) in [4.78, 5) is 24.6. The van der Waals surface area contributed by atoms with Crippen LogP contribution in [0.2, 0.25) is 0 Å². The van der Waals surface area contributed by atoms with Crippen LogP contribution in [0.3, 0.4) is 0 Å². The molecule has 0 aromatic rings. The Bertz CT molecular complexity index is 1290. The third kappa shape index (κ3) is 62.9. The summed E-state index contributed by atoms with van der Waals surface area (Å²) >= 11 is 0. The Kier molecular flexibility index (Phi) is 64.5. The van der Waals surface area contributed by atoms with Crippen molar-refractivity contribution in [3.63, 3.8) is 0 Å². The van der Waals surface area contributed by atoms with Gasteiger partial charge in [0.15, 0.2) is 0 Å². The fourth-order valence-electron chi connectivity index (χ4n) is 10.5. The van der Waals surface area contributed by atoms with E-state index in [1.165, 1.54) is 283 Å². The zero-order valence-corrected chi connectivity index (χ0v) is 51.7. The van der Waals surface area contributed by atoms with Crippen molar-refractivity contribution in [1.82, 2.24) is 5.32 Å². The highest BCUT2D eigenvalue weighted by Gasteiger charge is 2.18. The van der Waals surface area contributed by atoms with Crippen LogP contribution < -0.4 is 5.32 Å². The van der Waals surface area contributed by atoms with Gasteiger partial charge in [-0.3, -0.25) is 9.59 Å². The van der Waals surface area contributed by atoms with Gasteiger partial charge < -0.3 is 20.3 Å². The Labute approximate surface area is 480 Å². The quantitative estimate of drug-likeness (QED) is 0.0320. The standard InChI is InChI=1S/C71H133NO5/c1-3-5-7-9-11-13-15-17-19-21-22-25-28-32-35-39-43-47-51-55-59-63-69(74)68(67-73)72-70(75)64-60-56-52-48-44-40-36-33-29-26-23-24-27-30-34-38-42-46-50-54-58-62-66-77-71(76)65-61-57-53-49-45-41-37-31-20-18-16-14-12-10-8-6-4-2/h12,14,18,20,26,29,59,63,68-69,73-74H,3-11,13,15-17,19,21-25,27-28,30-58,60-62,64-67H2,1-2H3,(H,72,75)/b14-12-,20-18-,29-26-,63-59+. The Morgan fingerprint density at radius 2 is 0.649 bits per heavy atom. The molecule has 77 heavy (non-hydrogen) atoms. The number of aliphatic hydroxyl groups excluding tert-OH is 2. The SMILES string of the molecule is CCCCC/C=C\C/C=C\CCCCCCCCCC(=O)OCCCCCCCCCCCCC/C=C\CCCCCCCCCC(=O)NC(CO)C(O)/C=C/CCCCCCCCCCCCCCCCCCCCC. The van der Waals surface area contributed by atoms with Crippen molar-refractivity contribution < 1.29 is 24.5 Å². The fraction of sp³-hybridized carbons (Fsp3) is 0.859. The van der Waals surface area contributed by atoms with Crippen molar-refractivity contribution in [1.29, 1.82) is 0 Å². The third-order valence-electron chi connectivity index (χ3n) is 15.8. The van der Waals surface area contributed by atoms with Gasteiger partial charge in [0.25, 0.3) is 0 Å². The van der Waals surface area contributed by atoms with Crippen molar-refractivity contribution in [3.05, 3.63) is 48.6 Å². The van der Waals surface area contributed by atoms with Gasteiger partial charge in [-0.15, -0.1) is 0 Å². The molecule has 0 aliphatic heterocycles. The Morgan fingerprint density at radius 3 is 1.03 bits per heavy atom. The van der Waals surface area contributed by atoms with Crippen LogP contribution in [0.1, 0.15) is 367 Å². The second-order valence-electron chi connectivity index (χ2n) is 23.5. The second-order valence-corrected chi connectivity index (χ2v) is 23.5. The number of carbonyl (C=O) groups excluding carboxylic acids is 2. The first-order chi connectivity index (χ1) is 38.0. The van der Waals surface area contributed by atoms with Gasteiger partial charge >= 0.3 is 5.97 Å². The average Bonchev–Trinajstić information content (AvgIpc) is 3.43. The smallest absolute Gasteiger partial charge is 0.305 e. The van der Waals surface area contributed by atoms with E-state index in [1.807, 2.05) is 6.08 Å². The summed E-state index contributed by atoms with van der Waals surface area (Å²) in [5.74, 6) is -0.0706. The molecule has 0 saturated carbocycles. The van der Waals surface area contributed by atoms with Crippen molar-refractivity contribution >= 4 is 11.9 Å². The lowest BCUT2D eigenvalue weighted by Crippen LogP contribution is -2.45. The lowest BCUT2D eigenvalue weighted by Gasteiger charge is -2.20. The highest BCUT2D eigenvalue weighted by atomic mass is 16.5. The van der Waals surface area contributed by atoms with Crippen LogP contribution in [0.15, 0.2) is 48.6 Å². The van der Waals surface area contributed by atoms with Crippen LogP contribution in [0.4, 0.5) is 0 Å². The number of hydrogen-bond acceptors (Lipinski definition) is 5. The van der Waals surface area contributed by atoms with Crippen molar-refractivity contribution in [2.24, 2.45) is 0 Å². The zero-order chi connectivity index (χ0) is 55.7. The minimum Gasteiger partial charge on any atom is -0.466 e. The first kappa shape index (κ1) is 74.8. The van der Waals surface area contributed by atoms with E-state index in [-0.39, 0.29) is 18.5 Å². The molecular weight excluding hydrogens is 947 g/mol. The molecule has 452 valence electrons. The predicted octanol–water partition coefficient (Wildman–Crippen LogP) is 22.1. The number of ether oxygens (including phenoxy) is 1.